The molecular weight excluding hydrogens is 268 g/mol. The van der Waals surface area contributed by atoms with E-state index >= 15 is 0 Å². The maximum absolute atomic E-state index is 11.9. The van der Waals surface area contributed by atoms with Gasteiger partial charge in [0, 0.05) is 25.7 Å². The molecule has 1 rings (SSSR count). The second-order valence-electron chi connectivity index (χ2n) is 7.13. The third-order valence-electron chi connectivity index (χ3n) is 3.77. The third kappa shape index (κ3) is 7.67. The predicted molar refractivity (Wildman–Crippen MR) is 84.3 cm³/mol. The summed E-state index contributed by atoms with van der Waals surface area (Å²) < 4.78 is 5.39. The summed E-state index contributed by atoms with van der Waals surface area (Å²) in [5, 5.41) is 12.5. The van der Waals surface area contributed by atoms with Crippen molar-refractivity contribution in [2.45, 2.75) is 65.0 Å². The van der Waals surface area contributed by atoms with Gasteiger partial charge in [0.25, 0.3) is 0 Å². The molecule has 1 saturated heterocycles. The predicted octanol–water partition coefficient (Wildman–Crippen LogP) is 2.38. The number of nitrogens with zero attached hydrogens (tertiary/aromatic N) is 1. The molecule has 0 aliphatic carbocycles. The highest BCUT2D eigenvalue weighted by molar-refractivity contribution is 5.68. The van der Waals surface area contributed by atoms with E-state index in [0.717, 1.165) is 45.3 Å². The van der Waals surface area contributed by atoms with E-state index in [1.807, 2.05) is 20.8 Å². The zero-order valence-corrected chi connectivity index (χ0v) is 14.0. The van der Waals surface area contributed by atoms with Crippen LogP contribution in [0.4, 0.5) is 4.79 Å². The van der Waals surface area contributed by atoms with Crippen molar-refractivity contribution in [3.63, 3.8) is 0 Å². The van der Waals surface area contributed by atoms with Gasteiger partial charge in [-0.1, -0.05) is 6.92 Å². The minimum atomic E-state index is -0.421. The molecule has 0 spiro atoms. The molecule has 124 valence electrons. The number of carbonyl (C=O) groups is 1. The fraction of sp³-hybridized carbons (Fsp3) is 0.938. The number of ether oxygens (including phenoxy) is 1. The fourth-order valence-corrected chi connectivity index (χ4v) is 2.44. The van der Waals surface area contributed by atoms with E-state index in [0.29, 0.717) is 12.0 Å². The van der Waals surface area contributed by atoms with Gasteiger partial charge in [0.05, 0.1) is 0 Å². The zero-order chi connectivity index (χ0) is 15.9. The molecule has 0 aromatic carbocycles. The first kappa shape index (κ1) is 18.2. The number of hydrogen-bond acceptors (Lipinski definition) is 4. The minimum Gasteiger partial charge on any atom is -0.444 e. The first-order chi connectivity index (χ1) is 9.81. The molecule has 1 unspecified atom stereocenters. The SMILES string of the molecule is CC(CO)CCCNC1CCN(C(=O)OC(C)(C)C)CC1. The number of amides is 1. The second kappa shape index (κ2) is 8.59. The third-order valence-corrected chi connectivity index (χ3v) is 3.77. The lowest BCUT2D eigenvalue weighted by atomic mass is 10.0. The van der Waals surface area contributed by atoms with Gasteiger partial charge in [-0.25, -0.2) is 4.79 Å². The van der Waals surface area contributed by atoms with Gasteiger partial charge in [0.1, 0.15) is 5.60 Å². The molecule has 1 atom stereocenters. The van der Waals surface area contributed by atoms with Crippen molar-refractivity contribution in [3.05, 3.63) is 0 Å². The topological polar surface area (TPSA) is 61.8 Å². The van der Waals surface area contributed by atoms with E-state index in [4.69, 9.17) is 9.84 Å². The Labute approximate surface area is 129 Å². The Kier molecular flexibility index (Phi) is 7.46. The number of rotatable bonds is 6. The lowest BCUT2D eigenvalue weighted by molar-refractivity contribution is 0.0198. The smallest absolute Gasteiger partial charge is 0.410 e. The quantitative estimate of drug-likeness (QED) is 0.739. The number of carbonyl (C=O) groups excluding carboxylic acids is 1. The molecule has 1 amide bonds. The average molecular weight is 300 g/mol. The van der Waals surface area contributed by atoms with E-state index in [1.54, 1.807) is 4.90 Å². The molecular formula is C16H32N2O3. The van der Waals surface area contributed by atoms with Crippen LogP contribution in [0.1, 0.15) is 53.4 Å². The largest absolute Gasteiger partial charge is 0.444 e. The minimum absolute atomic E-state index is 0.197. The summed E-state index contributed by atoms with van der Waals surface area (Å²) in [4.78, 5) is 13.8. The summed E-state index contributed by atoms with van der Waals surface area (Å²) in [6, 6.07) is 0.494. The molecule has 1 aliphatic rings. The Hall–Kier alpha value is -0.810. The summed E-state index contributed by atoms with van der Waals surface area (Å²) in [5.74, 6) is 0.390. The Morgan fingerprint density at radius 2 is 2.00 bits per heavy atom. The molecule has 1 heterocycles. The zero-order valence-electron chi connectivity index (χ0n) is 14.0. The van der Waals surface area contributed by atoms with Crippen molar-refractivity contribution in [1.29, 1.82) is 0 Å². The van der Waals surface area contributed by atoms with Crippen LogP contribution in [0, 0.1) is 5.92 Å². The van der Waals surface area contributed by atoms with Gasteiger partial charge in [-0.2, -0.15) is 0 Å². The molecule has 5 heteroatoms. The lowest BCUT2D eigenvalue weighted by Crippen LogP contribution is -2.46. The Balaban J connectivity index is 2.16. The summed E-state index contributed by atoms with van der Waals surface area (Å²) in [6.07, 6.45) is 3.91. The highest BCUT2D eigenvalue weighted by atomic mass is 16.6. The molecule has 0 aromatic heterocycles. The average Bonchev–Trinajstić information content (AvgIpc) is 2.42. The molecule has 0 saturated carbocycles. The van der Waals surface area contributed by atoms with Gasteiger partial charge in [0.2, 0.25) is 0 Å². The summed E-state index contributed by atoms with van der Waals surface area (Å²) >= 11 is 0. The Morgan fingerprint density at radius 1 is 1.38 bits per heavy atom. The van der Waals surface area contributed by atoms with Crippen molar-refractivity contribution in [2.75, 3.05) is 26.2 Å². The van der Waals surface area contributed by atoms with Crippen LogP contribution in [0.2, 0.25) is 0 Å². The molecule has 0 radical (unpaired) electrons. The number of aliphatic hydroxyl groups excluding tert-OH is 1. The molecule has 0 bridgehead atoms. The molecule has 2 N–H and O–H groups in total. The van der Waals surface area contributed by atoms with E-state index in [2.05, 4.69) is 12.2 Å². The van der Waals surface area contributed by atoms with Crippen LogP contribution in [0.5, 0.6) is 0 Å². The summed E-state index contributed by atoms with van der Waals surface area (Å²) in [7, 11) is 0. The van der Waals surface area contributed by atoms with Crippen molar-refractivity contribution < 1.29 is 14.6 Å². The van der Waals surface area contributed by atoms with Crippen LogP contribution in [0.15, 0.2) is 0 Å². The van der Waals surface area contributed by atoms with Gasteiger partial charge < -0.3 is 20.1 Å². The van der Waals surface area contributed by atoms with Crippen LogP contribution >= 0.6 is 0 Å². The van der Waals surface area contributed by atoms with Gasteiger partial charge >= 0.3 is 6.09 Å². The lowest BCUT2D eigenvalue weighted by Gasteiger charge is -2.33. The van der Waals surface area contributed by atoms with Crippen molar-refractivity contribution in [1.82, 2.24) is 10.2 Å². The first-order valence-corrected chi connectivity index (χ1v) is 8.14. The maximum Gasteiger partial charge on any atom is 0.410 e. The van der Waals surface area contributed by atoms with Crippen molar-refractivity contribution in [3.8, 4) is 0 Å². The molecule has 1 fully saturated rings. The summed E-state index contributed by atoms with van der Waals surface area (Å²) in [6.45, 7) is 10.5. The number of piperidine rings is 1. The fourth-order valence-electron chi connectivity index (χ4n) is 2.44. The number of aliphatic hydroxyl groups is 1. The van der Waals surface area contributed by atoms with E-state index in [9.17, 15) is 4.79 Å². The first-order valence-electron chi connectivity index (χ1n) is 8.14. The van der Waals surface area contributed by atoms with Crippen LogP contribution in [-0.4, -0.2) is 54.0 Å². The van der Waals surface area contributed by atoms with E-state index in [-0.39, 0.29) is 12.7 Å². The summed E-state index contributed by atoms with van der Waals surface area (Å²) in [5.41, 5.74) is -0.421. The van der Waals surface area contributed by atoms with Gasteiger partial charge in [0.15, 0.2) is 0 Å². The van der Waals surface area contributed by atoms with Crippen molar-refractivity contribution in [2.24, 2.45) is 5.92 Å². The van der Waals surface area contributed by atoms with Crippen LogP contribution in [-0.2, 0) is 4.74 Å². The highest BCUT2D eigenvalue weighted by Gasteiger charge is 2.26. The van der Waals surface area contributed by atoms with Crippen LogP contribution in [0.3, 0.4) is 0 Å². The number of likely N-dealkylation sites (tertiary alicyclic amines) is 1. The standard InChI is InChI=1S/C16H32N2O3/c1-13(12-19)6-5-9-17-14-7-10-18(11-8-14)15(20)21-16(2,3)4/h13-14,17,19H,5-12H2,1-4H3. The highest BCUT2D eigenvalue weighted by Crippen LogP contribution is 2.15. The molecule has 21 heavy (non-hydrogen) atoms. The number of nitrogens with one attached hydrogen (secondary N) is 1. The molecule has 5 nitrogen and oxygen atoms in total. The van der Waals surface area contributed by atoms with Gasteiger partial charge in [-0.3, -0.25) is 0 Å². The number of hydrogen-bond donors (Lipinski definition) is 2. The van der Waals surface area contributed by atoms with Crippen LogP contribution < -0.4 is 5.32 Å². The van der Waals surface area contributed by atoms with Gasteiger partial charge in [-0.05, 0) is 58.9 Å². The second-order valence-corrected chi connectivity index (χ2v) is 7.13. The van der Waals surface area contributed by atoms with Crippen molar-refractivity contribution >= 4 is 6.09 Å². The van der Waals surface area contributed by atoms with Gasteiger partial charge in [-0.15, -0.1) is 0 Å². The maximum atomic E-state index is 11.9. The van der Waals surface area contributed by atoms with E-state index in [1.165, 1.54) is 0 Å². The Bertz CT molecular complexity index is 307. The van der Waals surface area contributed by atoms with Crippen LogP contribution in [0.25, 0.3) is 0 Å². The molecule has 1 aliphatic heterocycles. The normalized spacial score (nSPS) is 18.6. The van der Waals surface area contributed by atoms with E-state index < -0.39 is 5.60 Å². The monoisotopic (exact) mass is 300 g/mol. The Morgan fingerprint density at radius 3 is 2.52 bits per heavy atom. The molecule has 0 aromatic rings.